The molecule has 5 nitrogen and oxygen atoms in total. The fourth-order valence-electron chi connectivity index (χ4n) is 2.82. The van der Waals surface area contributed by atoms with Gasteiger partial charge < -0.3 is 9.14 Å². The van der Waals surface area contributed by atoms with Crippen molar-refractivity contribution in [3.05, 3.63) is 83.0 Å². The van der Waals surface area contributed by atoms with Crippen LogP contribution < -0.4 is 10.3 Å². The molecular weight excluding hydrogens is 340 g/mol. The monoisotopic (exact) mass is 353 g/mol. The summed E-state index contributed by atoms with van der Waals surface area (Å²) in [5, 5.41) is 0. The molecule has 130 valence electrons. The third-order valence-corrected chi connectivity index (χ3v) is 4.07. The Morgan fingerprint density at radius 1 is 1.08 bits per heavy atom. The summed E-state index contributed by atoms with van der Waals surface area (Å²) in [6, 6.07) is 10.3. The Morgan fingerprint density at radius 3 is 2.65 bits per heavy atom. The lowest BCUT2D eigenvalue weighted by molar-refractivity contribution is 0.412. The highest BCUT2D eigenvalue weighted by Gasteiger charge is 2.14. The number of benzene rings is 2. The second kappa shape index (κ2) is 6.11. The van der Waals surface area contributed by atoms with Crippen molar-refractivity contribution in [1.29, 1.82) is 0 Å². The molecule has 2 aromatic carbocycles. The summed E-state index contributed by atoms with van der Waals surface area (Å²) in [4.78, 5) is 17.1. The van der Waals surface area contributed by atoms with Crippen molar-refractivity contribution in [2.45, 2.75) is 0 Å². The first-order chi connectivity index (χ1) is 12.6. The number of rotatable bonds is 3. The van der Waals surface area contributed by atoms with E-state index in [0.717, 1.165) is 12.1 Å². The van der Waals surface area contributed by atoms with E-state index < -0.39 is 11.6 Å². The second-order valence-electron chi connectivity index (χ2n) is 5.63. The minimum atomic E-state index is -0.738. The quantitative estimate of drug-likeness (QED) is 0.567. The van der Waals surface area contributed by atoms with Crippen LogP contribution in [0.15, 0.2) is 65.8 Å². The number of ether oxygens (including phenoxy) is 1. The van der Waals surface area contributed by atoms with Crippen molar-refractivity contribution in [2.75, 3.05) is 7.11 Å². The fourth-order valence-corrected chi connectivity index (χ4v) is 2.82. The fraction of sp³-hybridized carbons (Fsp3) is 0.0526. The molecule has 0 aliphatic carbocycles. The summed E-state index contributed by atoms with van der Waals surface area (Å²) in [6.07, 6.45) is 4.75. The van der Waals surface area contributed by atoms with Crippen LogP contribution in [0.25, 0.3) is 22.6 Å². The Bertz CT molecular complexity index is 1180. The van der Waals surface area contributed by atoms with Gasteiger partial charge in [-0.25, -0.2) is 13.8 Å². The predicted octanol–water partition coefficient (Wildman–Crippen LogP) is 3.44. The zero-order chi connectivity index (χ0) is 18.3. The summed E-state index contributed by atoms with van der Waals surface area (Å²) >= 11 is 0. The normalized spacial score (nSPS) is 11.0. The number of methoxy groups -OCH3 is 1. The van der Waals surface area contributed by atoms with Crippen LogP contribution in [0.4, 0.5) is 8.78 Å². The number of nitrogens with zero attached hydrogens (tertiary/aromatic N) is 3. The van der Waals surface area contributed by atoms with Crippen LogP contribution in [-0.4, -0.2) is 21.1 Å². The minimum absolute atomic E-state index is 0.122. The first kappa shape index (κ1) is 16.0. The van der Waals surface area contributed by atoms with E-state index in [9.17, 15) is 13.6 Å². The highest BCUT2D eigenvalue weighted by molar-refractivity contribution is 5.63. The molecule has 2 aromatic heterocycles. The molecular formula is C19H13F2N3O2. The van der Waals surface area contributed by atoms with Gasteiger partial charge in [0.1, 0.15) is 17.4 Å². The summed E-state index contributed by atoms with van der Waals surface area (Å²) in [6.45, 7) is 0. The number of fused-ring (bicyclic) bond motifs is 1. The molecule has 2 heterocycles. The van der Waals surface area contributed by atoms with E-state index in [-0.39, 0.29) is 22.5 Å². The predicted molar refractivity (Wildman–Crippen MR) is 92.7 cm³/mol. The lowest BCUT2D eigenvalue weighted by Gasteiger charge is -2.10. The van der Waals surface area contributed by atoms with Gasteiger partial charge in [-0.1, -0.05) is 12.1 Å². The molecule has 0 saturated carbocycles. The smallest absolute Gasteiger partial charge is 0.298 e. The molecule has 0 saturated heterocycles. The minimum Gasteiger partial charge on any atom is -0.495 e. The third-order valence-electron chi connectivity index (χ3n) is 4.07. The van der Waals surface area contributed by atoms with Crippen LogP contribution in [0.1, 0.15) is 0 Å². The Balaban J connectivity index is 1.90. The van der Waals surface area contributed by atoms with Crippen LogP contribution in [-0.2, 0) is 0 Å². The van der Waals surface area contributed by atoms with E-state index in [1.54, 1.807) is 36.7 Å². The zero-order valence-electron chi connectivity index (χ0n) is 13.7. The maximum atomic E-state index is 14.0. The van der Waals surface area contributed by atoms with Crippen molar-refractivity contribution in [2.24, 2.45) is 0 Å². The van der Waals surface area contributed by atoms with Crippen LogP contribution in [0, 0.1) is 11.6 Å². The molecule has 0 fully saturated rings. The highest BCUT2D eigenvalue weighted by atomic mass is 19.1. The second-order valence-corrected chi connectivity index (χ2v) is 5.63. The summed E-state index contributed by atoms with van der Waals surface area (Å²) < 4.78 is 35.3. The number of hydrogen-bond acceptors (Lipinski definition) is 3. The summed E-state index contributed by atoms with van der Waals surface area (Å²) in [5.74, 6) is -0.873. The summed E-state index contributed by atoms with van der Waals surface area (Å²) in [5.41, 5.74) is 0.679. The van der Waals surface area contributed by atoms with E-state index in [0.29, 0.717) is 11.4 Å². The van der Waals surface area contributed by atoms with Crippen LogP contribution in [0.2, 0.25) is 0 Å². The average molecular weight is 353 g/mol. The van der Waals surface area contributed by atoms with Gasteiger partial charge in [0.2, 0.25) is 5.65 Å². The number of halogens is 2. The Kier molecular flexibility index (Phi) is 3.76. The van der Waals surface area contributed by atoms with Gasteiger partial charge in [0.15, 0.2) is 0 Å². The Morgan fingerprint density at radius 2 is 1.88 bits per heavy atom. The van der Waals surface area contributed by atoms with E-state index in [1.165, 1.54) is 28.3 Å². The lowest BCUT2D eigenvalue weighted by atomic mass is 10.1. The SMILES string of the molecule is COc1ccccc1-n1ccn2cc(-c3ccc(F)cc3F)nc2c1=O. The maximum absolute atomic E-state index is 14.0. The molecule has 0 spiro atoms. The van der Waals surface area contributed by atoms with Gasteiger partial charge in [-0.05, 0) is 24.3 Å². The molecule has 0 aliphatic rings. The molecule has 0 N–H and O–H groups in total. The molecule has 0 atom stereocenters. The highest BCUT2D eigenvalue weighted by Crippen LogP contribution is 2.24. The zero-order valence-corrected chi connectivity index (χ0v) is 13.7. The number of para-hydroxylation sites is 2. The molecule has 26 heavy (non-hydrogen) atoms. The first-order valence-corrected chi connectivity index (χ1v) is 7.77. The van der Waals surface area contributed by atoms with E-state index >= 15 is 0 Å². The van der Waals surface area contributed by atoms with Gasteiger partial charge >= 0.3 is 0 Å². The first-order valence-electron chi connectivity index (χ1n) is 7.77. The molecule has 4 rings (SSSR count). The van der Waals surface area contributed by atoms with E-state index in [2.05, 4.69) is 4.98 Å². The van der Waals surface area contributed by atoms with Crippen molar-refractivity contribution in [3.8, 4) is 22.7 Å². The van der Waals surface area contributed by atoms with Crippen molar-refractivity contribution < 1.29 is 13.5 Å². The van der Waals surface area contributed by atoms with Crippen molar-refractivity contribution in [1.82, 2.24) is 14.0 Å². The van der Waals surface area contributed by atoms with Gasteiger partial charge in [-0.15, -0.1) is 0 Å². The van der Waals surface area contributed by atoms with Crippen molar-refractivity contribution >= 4 is 5.65 Å². The maximum Gasteiger partial charge on any atom is 0.298 e. The summed E-state index contributed by atoms with van der Waals surface area (Å²) in [7, 11) is 1.52. The topological polar surface area (TPSA) is 48.5 Å². The van der Waals surface area contributed by atoms with Crippen LogP contribution in [0.3, 0.4) is 0 Å². The van der Waals surface area contributed by atoms with E-state index in [4.69, 9.17) is 4.74 Å². The lowest BCUT2D eigenvalue weighted by Crippen LogP contribution is -2.20. The molecule has 0 unspecified atom stereocenters. The average Bonchev–Trinajstić information content (AvgIpc) is 3.07. The van der Waals surface area contributed by atoms with Gasteiger partial charge in [0.25, 0.3) is 5.56 Å². The van der Waals surface area contributed by atoms with Gasteiger partial charge in [-0.2, -0.15) is 0 Å². The number of hydrogen-bond donors (Lipinski definition) is 0. The number of imidazole rings is 1. The molecule has 4 aromatic rings. The standard InChI is InChI=1S/C19H13F2N3O2/c1-26-17-5-3-2-4-16(17)24-9-8-23-11-15(22-18(23)19(24)25)13-7-6-12(20)10-14(13)21/h2-11H,1H3. The van der Waals surface area contributed by atoms with Crippen molar-refractivity contribution in [3.63, 3.8) is 0 Å². The molecule has 7 heteroatoms. The van der Waals surface area contributed by atoms with Gasteiger partial charge in [0.05, 0.1) is 18.5 Å². The van der Waals surface area contributed by atoms with Gasteiger partial charge in [-0.3, -0.25) is 9.36 Å². The third kappa shape index (κ3) is 2.54. The van der Waals surface area contributed by atoms with E-state index in [1.807, 2.05) is 0 Å². The van der Waals surface area contributed by atoms with Crippen LogP contribution >= 0.6 is 0 Å². The molecule has 0 bridgehead atoms. The number of aromatic nitrogens is 3. The molecule has 0 radical (unpaired) electrons. The van der Waals surface area contributed by atoms with Crippen LogP contribution in [0.5, 0.6) is 5.75 Å². The van der Waals surface area contributed by atoms with Gasteiger partial charge in [0, 0.05) is 30.2 Å². The Labute approximate surface area is 146 Å². The molecule has 0 amide bonds. The largest absolute Gasteiger partial charge is 0.495 e. The molecule has 0 aliphatic heterocycles. The Hall–Kier alpha value is -3.48.